The molecule has 2 aromatic rings. The highest BCUT2D eigenvalue weighted by atomic mass is 32.1. The second kappa shape index (κ2) is 10.2. The molecule has 1 aromatic heterocycles. The van der Waals surface area contributed by atoms with E-state index in [1.54, 1.807) is 11.3 Å². The van der Waals surface area contributed by atoms with E-state index in [-0.39, 0.29) is 25.4 Å². The zero-order chi connectivity index (χ0) is 27.0. The first-order chi connectivity index (χ1) is 17.4. The number of amides is 3. The van der Waals surface area contributed by atoms with Crippen LogP contribution in [0, 0.1) is 29.1 Å². The molecular weight excluding hydrogens is 490 g/mol. The Morgan fingerprint density at radius 2 is 1.95 bits per heavy atom. The van der Waals surface area contributed by atoms with E-state index in [0.29, 0.717) is 12.8 Å². The number of β-amino-alcohol motifs (C(OH)–C–C–N with tert-alkyl or cyclic N) is 1. The molecule has 1 aromatic carbocycles. The molecular formula is C27H33N5O4S. The second-order valence-corrected chi connectivity index (χ2v) is 11.9. The van der Waals surface area contributed by atoms with Crippen molar-refractivity contribution in [3.8, 4) is 16.5 Å². The molecule has 4 rings (SSSR count). The number of hydrogen-bond donors (Lipinski definition) is 3. The van der Waals surface area contributed by atoms with Crippen molar-refractivity contribution in [2.24, 2.45) is 10.8 Å². The number of likely N-dealkylation sites (tertiary alicyclic amines) is 1. The number of rotatable bonds is 7. The maximum atomic E-state index is 13.6. The number of benzene rings is 1. The van der Waals surface area contributed by atoms with Crippen LogP contribution in [-0.4, -0.2) is 57.4 Å². The van der Waals surface area contributed by atoms with E-state index < -0.39 is 40.8 Å². The van der Waals surface area contributed by atoms with Gasteiger partial charge in [-0.1, -0.05) is 45.0 Å². The lowest BCUT2D eigenvalue weighted by Gasteiger charge is -2.35. The van der Waals surface area contributed by atoms with Crippen LogP contribution in [0.15, 0.2) is 29.8 Å². The number of hydrogen-bond acceptors (Lipinski definition) is 7. The highest BCUT2D eigenvalue weighted by molar-refractivity contribution is 7.13. The summed E-state index contributed by atoms with van der Waals surface area (Å²) in [5.74, 6) is -1.25. The van der Waals surface area contributed by atoms with Crippen molar-refractivity contribution in [1.82, 2.24) is 20.5 Å². The van der Waals surface area contributed by atoms with E-state index in [9.17, 15) is 24.8 Å². The lowest BCUT2D eigenvalue weighted by molar-refractivity contribution is -0.144. The molecule has 2 fully saturated rings. The number of aliphatic hydroxyl groups excluding tert-OH is 1. The first kappa shape index (κ1) is 26.8. The monoisotopic (exact) mass is 523 g/mol. The number of thiazole rings is 1. The molecule has 2 heterocycles. The van der Waals surface area contributed by atoms with Crippen LogP contribution in [0.2, 0.25) is 0 Å². The molecule has 1 saturated carbocycles. The number of nitriles is 1. The highest BCUT2D eigenvalue weighted by Crippen LogP contribution is 2.45. The largest absolute Gasteiger partial charge is 0.391 e. The van der Waals surface area contributed by atoms with Gasteiger partial charge in [-0.2, -0.15) is 5.26 Å². The van der Waals surface area contributed by atoms with Crippen LogP contribution in [0.25, 0.3) is 10.4 Å². The highest BCUT2D eigenvalue weighted by Gasteiger charge is 2.53. The zero-order valence-electron chi connectivity index (χ0n) is 21.6. The molecule has 3 atom stereocenters. The number of aliphatic hydroxyl groups is 1. The molecule has 37 heavy (non-hydrogen) atoms. The molecule has 1 saturated heterocycles. The summed E-state index contributed by atoms with van der Waals surface area (Å²) in [7, 11) is 0. The van der Waals surface area contributed by atoms with Crippen molar-refractivity contribution < 1.29 is 19.5 Å². The quantitative estimate of drug-likeness (QED) is 0.510. The lowest BCUT2D eigenvalue weighted by Crippen LogP contribution is -2.58. The van der Waals surface area contributed by atoms with Crippen molar-refractivity contribution in [3.05, 3.63) is 41.0 Å². The average molecular weight is 524 g/mol. The van der Waals surface area contributed by atoms with Crippen LogP contribution in [0.1, 0.15) is 51.3 Å². The summed E-state index contributed by atoms with van der Waals surface area (Å²) in [5, 5.41) is 25.4. The van der Waals surface area contributed by atoms with Gasteiger partial charge in [0.15, 0.2) is 0 Å². The van der Waals surface area contributed by atoms with Gasteiger partial charge in [0.05, 0.1) is 28.3 Å². The summed E-state index contributed by atoms with van der Waals surface area (Å²) in [6.45, 7) is 7.71. The molecule has 1 aliphatic carbocycles. The SMILES string of the molecule is Cc1ncsc1-c1ccc(CNC(=O)[C@@H]2C[C@@H](O)CN2C(=O)C(NC(=O)C2(C#N)CC2)C(C)(C)C)cc1. The van der Waals surface area contributed by atoms with Crippen LogP contribution in [-0.2, 0) is 20.9 Å². The summed E-state index contributed by atoms with van der Waals surface area (Å²) < 4.78 is 0. The lowest BCUT2D eigenvalue weighted by atomic mass is 9.85. The van der Waals surface area contributed by atoms with Gasteiger partial charge in [-0.05, 0) is 36.3 Å². The fourth-order valence-corrected chi connectivity index (χ4v) is 5.38. The van der Waals surface area contributed by atoms with Gasteiger partial charge in [0.1, 0.15) is 17.5 Å². The third kappa shape index (κ3) is 5.68. The van der Waals surface area contributed by atoms with Gasteiger partial charge in [0.25, 0.3) is 0 Å². The molecule has 0 radical (unpaired) electrons. The third-order valence-electron chi connectivity index (χ3n) is 7.08. The van der Waals surface area contributed by atoms with Crippen molar-refractivity contribution >= 4 is 29.1 Å². The minimum absolute atomic E-state index is 0.00562. The minimum atomic E-state index is -1.07. The van der Waals surface area contributed by atoms with Gasteiger partial charge in [0.2, 0.25) is 17.7 Å². The van der Waals surface area contributed by atoms with E-state index in [2.05, 4.69) is 21.7 Å². The first-order valence-corrected chi connectivity index (χ1v) is 13.3. The summed E-state index contributed by atoms with van der Waals surface area (Å²) in [6, 6.07) is 8.12. The molecule has 1 unspecified atom stereocenters. The fourth-order valence-electron chi connectivity index (χ4n) is 4.56. The zero-order valence-corrected chi connectivity index (χ0v) is 22.4. The van der Waals surface area contributed by atoms with E-state index in [1.807, 2.05) is 57.5 Å². The number of carbonyl (C=O) groups is 3. The van der Waals surface area contributed by atoms with Gasteiger partial charge < -0.3 is 20.6 Å². The van der Waals surface area contributed by atoms with Crippen molar-refractivity contribution in [2.75, 3.05) is 6.54 Å². The Bertz CT molecular complexity index is 1220. The fraction of sp³-hybridized carbons (Fsp3) is 0.519. The molecule has 9 nitrogen and oxygen atoms in total. The molecule has 196 valence electrons. The predicted octanol–water partition coefficient (Wildman–Crippen LogP) is 2.53. The van der Waals surface area contributed by atoms with Gasteiger partial charge >= 0.3 is 0 Å². The maximum absolute atomic E-state index is 13.6. The summed E-state index contributed by atoms with van der Waals surface area (Å²) >= 11 is 1.58. The number of nitrogens with zero attached hydrogens (tertiary/aromatic N) is 3. The second-order valence-electron chi connectivity index (χ2n) is 11.0. The van der Waals surface area contributed by atoms with Crippen LogP contribution in [0.3, 0.4) is 0 Å². The number of aromatic nitrogens is 1. The summed E-state index contributed by atoms with van der Waals surface area (Å²) in [6.07, 6.45) is 0.220. The summed E-state index contributed by atoms with van der Waals surface area (Å²) in [5.41, 5.74) is 3.02. The van der Waals surface area contributed by atoms with Gasteiger partial charge in [-0.25, -0.2) is 4.98 Å². The standard InChI is InChI=1S/C27H33N5O4S/c1-16-21(37-15-30-16)18-7-5-17(6-8-18)12-29-23(34)20-11-19(33)13-32(20)24(35)22(26(2,3)4)31-25(36)27(14-28)9-10-27/h5-8,15,19-20,22,33H,9-13H2,1-4H3,(H,29,34)(H,31,36)/t19-,20+,22?/m1/s1. The average Bonchev–Trinajstić information content (AvgIpc) is 3.40. The van der Waals surface area contributed by atoms with Gasteiger partial charge in [0, 0.05) is 19.5 Å². The molecule has 10 heteroatoms. The summed E-state index contributed by atoms with van der Waals surface area (Å²) in [4.78, 5) is 46.2. The molecule has 0 spiro atoms. The molecule has 0 bridgehead atoms. The smallest absolute Gasteiger partial charge is 0.246 e. The van der Waals surface area contributed by atoms with Crippen LogP contribution in [0.5, 0.6) is 0 Å². The number of aryl methyl sites for hydroxylation is 1. The van der Waals surface area contributed by atoms with Crippen molar-refractivity contribution in [3.63, 3.8) is 0 Å². The molecule has 2 aliphatic rings. The number of carbonyl (C=O) groups excluding carboxylic acids is 3. The Hall–Kier alpha value is -3.29. The molecule has 3 amide bonds. The Balaban J connectivity index is 1.43. The third-order valence-corrected chi connectivity index (χ3v) is 8.06. The Kier molecular flexibility index (Phi) is 7.40. The van der Waals surface area contributed by atoms with Gasteiger partial charge in [-0.3, -0.25) is 14.4 Å². The topological polar surface area (TPSA) is 135 Å². The molecule has 1 aliphatic heterocycles. The molecule has 3 N–H and O–H groups in total. The minimum Gasteiger partial charge on any atom is -0.391 e. The predicted molar refractivity (Wildman–Crippen MR) is 139 cm³/mol. The maximum Gasteiger partial charge on any atom is 0.246 e. The van der Waals surface area contributed by atoms with Crippen LogP contribution in [0.4, 0.5) is 0 Å². The van der Waals surface area contributed by atoms with E-state index in [4.69, 9.17) is 0 Å². The first-order valence-electron chi connectivity index (χ1n) is 12.4. The van der Waals surface area contributed by atoms with Crippen molar-refractivity contribution in [2.45, 2.75) is 71.7 Å². The number of nitrogens with one attached hydrogen (secondary N) is 2. The Morgan fingerprint density at radius 1 is 1.27 bits per heavy atom. The van der Waals surface area contributed by atoms with Crippen molar-refractivity contribution in [1.29, 1.82) is 5.26 Å². The normalized spacial score (nSPS) is 21.1. The Morgan fingerprint density at radius 3 is 2.49 bits per heavy atom. The van der Waals surface area contributed by atoms with E-state index >= 15 is 0 Å². The van der Waals surface area contributed by atoms with Crippen LogP contribution < -0.4 is 10.6 Å². The van der Waals surface area contributed by atoms with E-state index in [1.165, 1.54) is 4.90 Å². The van der Waals surface area contributed by atoms with Crippen LogP contribution >= 0.6 is 11.3 Å². The van der Waals surface area contributed by atoms with Gasteiger partial charge in [-0.15, -0.1) is 11.3 Å². The van der Waals surface area contributed by atoms with E-state index in [0.717, 1.165) is 21.7 Å². The Labute approximate surface area is 220 Å².